The van der Waals surface area contributed by atoms with Crippen LogP contribution in [0.5, 0.6) is 0 Å². The second kappa shape index (κ2) is 9.21. The van der Waals surface area contributed by atoms with Crippen LogP contribution in [-0.4, -0.2) is 46.1 Å². The molecule has 4 aromatic heterocycles. The minimum Gasteiger partial charge on any atom is -0.439 e. The third kappa shape index (κ3) is 4.25. The Balaban J connectivity index is 1.26. The molecule has 5 aromatic rings. The summed E-state index contributed by atoms with van der Waals surface area (Å²) in [4.78, 5) is 23.7. The quantitative estimate of drug-likeness (QED) is 0.371. The monoisotopic (exact) mass is 500 g/mol. The van der Waals surface area contributed by atoms with Gasteiger partial charge in [-0.3, -0.25) is 4.79 Å². The predicted octanol–water partition coefficient (Wildman–Crippen LogP) is 4.69. The zero-order valence-electron chi connectivity index (χ0n) is 19.9. The minimum absolute atomic E-state index is 0.0214. The molecule has 0 saturated carbocycles. The first-order valence-corrected chi connectivity index (χ1v) is 12.5. The van der Waals surface area contributed by atoms with E-state index in [1.165, 1.54) is 11.3 Å². The van der Waals surface area contributed by atoms with Crippen LogP contribution >= 0.6 is 11.3 Å². The molecule has 1 N–H and O–H groups in total. The van der Waals surface area contributed by atoms with Crippen molar-refractivity contribution in [3.63, 3.8) is 0 Å². The predicted molar refractivity (Wildman–Crippen MR) is 141 cm³/mol. The van der Waals surface area contributed by atoms with Crippen molar-refractivity contribution >= 4 is 39.1 Å². The molecule has 1 fully saturated rings. The van der Waals surface area contributed by atoms with E-state index >= 15 is 0 Å². The van der Waals surface area contributed by atoms with E-state index < -0.39 is 0 Å². The number of ether oxygens (including phenoxy) is 1. The van der Waals surface area contributed by atoms with E-state index in [1.54, 1.807) is 16.9 Å². The van der Waals surface area contributed by atoms with E-state index in [2.05, 4.69) is 25.3 Å². The van der Waals surface area contributed by atoms with Crippen molar-refractivity contribution in [2.45, 2.75) is 13.8 Å². The third-order valence-corrected chi connectivity index (χ3v) is 7.20. The van der Waals surface area contributed by atoms with Crippen LogP contribution in [0, 0.1) is 13.8 Å². The lowest BCUT2D eigenvalue weighted by Crippen LogP contribution is -2.36. The summed E-state index contributed by atoms with van der Waals surface area (Å²) in [7, 11) is 0. The molecule has 0 bridgehead atoms. The first-order chi connectivity index (χ1) is 17.5. The Labute approximate surface area is 211 Å². The molecule has 1 saturated heterocycles. The van der Waals surface area contributed by atoms with Crippen LogP contribution in [0.25, 0.3) is 27.2 Å². The SMILES string of the molecule is Cc1cn(-c2ccnc(Nc3ccc(-c4csc5c(=O)cc(N6CCOCC6)oc45)cc3)n2)nc1C. The molecule has 1 aliphatic rings. The summed E-state index contributed by atoms with van der Waals surface area (Å²) in [6.07, 6.45) is 3.65. The molecule has 0 aliphatic carbocycles. The van der Waals surface area contributed by atoms with E-state index in [0.717, 1.165) is 28.1 Å². The van der Waals surface area contributed by atoms with Crippen molar-refractivity contribution in [2.24, 2.45) is 0 Å². The second-order valence-electron chi connectivity index (χ2n) is 8.64. The van der Waals surface area contributed by atoms with E-state index in [0.29, 0.717) is 54.2 Å². The molecule has 182 valence electrons. The molecule has 36 heavy (non-hydrogen) atoms. The smallest absolute Gasteiger partial charge is 0.229 e. The average molecular weight is 501 g/mol. The number of hydrogen-bond donors (Lipinski definition) is 1. The van der Waals surface area contributed by atoms with Crippen LogP contribution in [0.2, 0.25) is 0 Å². The highest BCUT2D eigenvalue weighted by molar-refractivity contribution is 7.17. The van der Waals surface area contributed by atoms with Gasteiger partial charge in [0.2, 0.25) is 11.4 Å². The van der Waals surface area contributed by atoms with E-state index in [-0.39, 0.29) is 5.43 Å². The highest BCUT2D eigenvalue weighted by Gasteiger charge is 2.18. The number of benzene rings is 1. The van der Waals surface area contributed by atoms with Gasteiger partial charge in [-0.1, -0.05) is 12.1 Å². The maximum Gasteiger partial charge on any atom is 0.229 e. The molecular formula is C26H24N6O3S. The first kappa shape index (κ1) is 22.4. The Kier molecular flexibility index (Phi) is 5.74. The fourth-order valence-electron chi connectivity index (χ4n) is 4.13. The summed E-state index contributed by atoms with van der Waals surface area (Å²) >= 11 is 1.41. The number of morpholine rings is 1. The number of fused-ring (bicyclic) bond motifs is 1. The molecule has 0 amide bonds. The molecule has 9 nitrogen and oxygen atoms in total. The van der Waals surface area contributed by atoms with Crippen molar-refractivity contribution in [1.29, 1.82) is 0 Å². The standard InChI is InChI=1S/C26H24N6O3S/c1-16-14-32(30-17(16)2)22-7-8-27-26(29-22)28-19-5-3-18(4-6-19)20-15-36-25-21(33)13-23(35-24(20)25)31-9-11-34-12-10-31/h3-8,13-15H,9-12H2,1-2H3,(H,27,28,29). The van der Waals surface area contributed by atoms with E-state index in [1.807, 2.05) is 55.8 Å². The maximum absolute atomic E-state index is 12.8. The summed E-state index contributed by atoms with van der Waals surface area (Å²) in [5, 5.41) is 9.72. The number of thiophene rings is 1. The molecule has 6 rings (SSSR count). The van der Waals surface area contributed by atoms with Gasteiger partial charge in [0, 0.05) is 54.2 Å². The molecule has 0 unspecified atom stereocenters. The Morgan fingerprint density at radius 3 is 2.64 bits per heavy atom. The van der Waals surface area contributed by atoms with Gasteiger partial charge >= 0.3 is 0 Å². The summed E-state index contributed by atoms with van der Waals surface area (Å²) < 4.78 is 14.0. The summed E-state index contributed by atoms with van der Waals surface area (Å²) in [6, 6.07) is 11.3. The van der Waals surface area contributed by atoms with E-state index in [4.69, 9.17) is 9.15 Å². The van der Waals surface area contributed by atoms with Crippen LogP contribution in [0.3, 0.4) is 0 Å². The van der Waals surface area contributed by atoms with E-state index in [9.17, 15) is 4.79 Å². The maximum atomic E-state index is 12.8. The molecule has 1 aromatic carbocycles. The molecule has 0 radical (unpaired) electrons. The molecule has 10 heteroatoms. The fourth-order valence-corrected chi connectivity index (χ4v) is 5.04. The van der Waals surface area contributed by atoms with Gasteiger partial charge < -0.3 is 19.4 Å². The van der Waals surface area contributed by atoms with Gasteiger partial charge in [0.1, 0.15) is 4.70 Å². The van der Waals surface area contributed by atoms with Crippen LogP contribution in [0.15, 0.2) is 63.4 Å². The first-order valence-electron chi connectivity index (χ1n) is 11.7. The summed E-state index contributed by atoms with van der Waals surface area (Å²) in [6.45, 7) is 6.65. The Hall–Kier alpha value is -4.02. The lowest BCUT2D eigenvalue weighted by molar-refractivity contribution is 0.121. The van der Waals surface area contributed by atoms with Gasteiger partial charge in [0.25, 0.3) is 0 Å². The van der Waals surface area contributed by atoms with Crippen LogP contribution in [0.1, 0.15) is 11.3 Å². The molecule has 5 heterocycles. The largest absolute Gasteiger partial charge is 0.439 e. The van der Waals surface area contributed by atoms with Crippen molar-refractivity contribution in [3.8, 4) is 16.9 Å². The summed E-state index contributed by atoms with van der Waals surface area (Å²) in [5.41, 5.74) is 5.38. The molecular weight excluding hydrogens is 476 g/mol. The van der Waals surface area contributed by atoms with Crippen molar-refractivity contribution in [1.82, 2.24) is 19.7 Å². The Bertz CT molecular complexity index is 1580. The number of nitrogens with one attached hydrogen (secondary N) is 1. The zero-order chi connectivity index (χ0) is 24.6. The molecule has 0 spiro atoms. The Morgan fingerprint density at radius 2 is 1.89 bits per heavy atom. The van der Waals surface area contributed by atoms with Crippen molar-refractivity contribution in [3.05, 3.63) is 75.7 Å². The number of nitrogens with zero attached hydrogens (tertiary/aromatic N) is 5. The molecule has 0 atom stereocenters. The lowest BCUT2D eigenvalue weighted by Gasteiger charge is -2.27. The zero-order valence-corrected chi connectivity index (χ0v) is 20.7. The second-order valence-corrected chi connectivity index (χ2v) is 9.52. The average Bonchev–Trinajstić information content (AvgIpc) is 3.48. The van der Waals surface area contributed by atoms with Gasteiger partial charge in [0.15, 0.2) is 17.3 Å². The van der Waals surface area contributed by atoms with Gasteiger partial charge in [-0.25, -0.2) is 9.67 Å². The normalized spacial score (nSPS) is 13.9. The number of hydrogen-bond acceptors (Lipinski definition) is 9. The van der Waals surface area contributed by atoms with Crippen LogP contribution < -0.4 is 15.6 Å². The Morgan fingerprint density at radius 1 is 1.08 bits per heavy atom. The number of aromatic nitrogens is 4. The van der Waals surface area contributed by atoms with Gasteiger partial charge in [-0.05, 0) is 37.1 Å². The van der Waals surface area contributed by atoms with Crippen molar-refractivity contribution in [2.75, 3.05) is 36.5 Å². The fraction of sp³-hybridized carbons (Fsp3) is 0.231. The lowest BCUT2D eigenvalue weighted by atomic mass is 10.1. The molecule has 1 aliphatic heterocycles. The highest BCUT2D eigenvalue weighted by Crippen LogP contribution is 2.35. The van der Waals surface area contributed by atoms with Crippen LogP contribution in [-0.2, 0) is 4.74 Å². The van der Waals surface area contributed by atoms with Gasteiger partial charge in [0.05, 0.1) is 18.9 Å². The topological polar surface area (TPSA) is 98.3 Å². The minimum atomic E-state index is -0.0214. The summed E-state index contributed by atoms with van der Waals surface area (Å²) in [5.74, 6) is 1.76. The van der Waals surface area contributed by atoms with Crippen LogP contribution in [0.4, 0.5) is 17.5 Å². The number of anilines is 3. The number of aryl methyl sites for hydroxylation is 2. The van der Waals surface area contributed by atoms with Gasteiger partial charge in [-0.2, -0.15) is 10.1 Å². The van der Waals surface area contributed by atoms with Crippen molar-refractivity contribution < 1.29 is 9.15 Å². The van der Waals surface area contributed by atoms with Gasteiger partial charge in [-0.15, -0.1) is 11.3 Å². The number of rotatable bonds is 5. The third-order valence-electron chi connectivity index (χ3n) is 6.23. The highest BCUT2D eigenvalue weighted by atomic mass is 32.1.